The fraction of sp³-hybridized carbons (Fsp3) is 0.125. The van der Waals surface area contributed by atoms with Crippen molar-refractivity contribution < 1.29 is 9.59 Å². The molecule has 2 amide bonds. The first-order valence-electron chi connectivity index (χ1n) is 6.57. The van der Waals surface area contributed by atoms with Gasteiger partial charge in [0.25, 0.3) is 5.91 Å². The zero-order valence-electron chi connectivity index (χ0n) is 11.2. The van der Waals surface area contributed by atoms with Crippen molar-refractivity contribution in [3.8, 4) is 0 Å². The van der Waals surface area contributed by atoms with Gasteiger partial charge in [-0.15, -0.1) is 0 Å². The lowest BCUT2D eigenvalue weighted by Gasteiger charge is -2.20. The molecule has 0 bridgehead atoms. The number of benzene rings is 2. The van der Waals surface area contributed by atoms with Crippen LogP contribution in [0.25, 0.3) is 0 Å². The van der Waals surface area contributed by atoms with Gasteiger partial charge < -0.3 is 10.2 Å². The highest BCUT2D eigenvalue weighted by atomic mass is 79.9. The Morgan fingerprint density at radius 1 is 1.05 bits per heavy atom. The minimum atomic E-state index is -0.180. The number of hydrogen-bond donors (Lipinski definition) is 1. The molecule has 0 aliphatic carbocycles. The van der Waals surface area contributed by atoms with Gasteiger partial charge in [0.2, 0.25) is 5.91 Å². The normalized spacial score (nSPS) is 14.1. The van der Waals surface area contributed by atoms with Gasteiger partial charge in [-0.2, -0.15) is 0 Å². The molecule has 3 rings (SSSR count). The van der Waals surface area contributed by atoms with Crippen molar-refractivity contribution in [2.24, 2.45) is 0 Å². The van der Waals surface area contributed by atoms with E-state index < -0.39 is 0 Å². The predicted molar refractivity (Wildman–Crippen MR) is 84.0 cm³/mol. The van der Waals surface area contributed by atoms with Crippen molar-refractivity contribution in [2.45, 2.75) is 6.54 Å². The molecular weight excluding hydrogens is 332 g/mol. The molecule has 4 nitrogen and oxygen atoms in total. The van der Waals surface area contributed by atoms with Crippen LogP contribution in [0.2, 0.25) is 0 Å². The van der Waals surface area contributed by atoms with Crippen LogP contribution in [0.15, 0.2) is 53.0 Å². The van der Waals surface area contributed by atoms with E-state index in [0.717, 1.165) is 15.7 Å². The summed E-state index contributed by atoms with van der Waals surface area (Å²) in [7, 11) is 0. The summed E-state index contributed by atoms with van der Waals surface area (Å²) in [6.07, 6.45) is 0. The van der Waals surface area contributed by atoms with Crippen molar-refractivity contribution in [3.05, 3.63) is 64.1 Å². The monoisotopic (exact) mass is 344 g/mol. The molecular formula is C16H13BrN2O2. The molecule has 1 aliphatic rings. The number of para-hydroxylation sites is 1. The summed E-state index contributed by atoms with van der Waals surface area (Å²) in [6, 6.07) is 14.8. The van der Waals surface area contributed by atoms with Gasteiger partial charge in [-0.05, 0) is 39.7 Å². The Hall–Kier alpha value is -2.14. The van der Waals surface area contributed by atoms with E-state index >= 15 is 0 Å². The molecule has 0 fully saturated rings. The molecule has 2 aromatic carbocycles. The zero-order chi connectivity index (χ0) is 14.8. The van der Waals surface area contributed by atoms with Gasteiger partial charge in [0.05, 0.1) is 5.56 Å². The molecule has 0 aromatic heterocycles. The highest BCUT2D eigenvalue weighted by Crippen LogP contribution is 2.23. The van der Waals surface area contributed by atoms with Crippen LogP contribution in [0.5, 0.6) is 0 Å². The van der Waals surface area contributed by atoms with E-state index in [9.17, 15) is 9.59 Å². The Bertz CT molecular complexity index is 715. The zero-order valence-corrected chi connectivity index (χ0v) is 12.8. The Kier molecular flexibility index (Phi) is 3.75. The number of anilines is 1. The summed E-state index contributed by atoms with van der Waals surface area (Å²) < 4.78 is 0.730. The van der Waals surface area contributed by atoms with Gasteiger partial charge >= 0.3 is 0 Å². The second kappa shape index (κ2) is 5.69. The van der Waals surface area contributed by atoms with Crippen LogP contribution < -0.4 is 5.32 Å². The molecule has 1 heterocycles. The predicted octanol–water partition coefficient (Wildman–Crippen LogP) is 3.04. The van der Waals surface area contributed by atoms with E-state index in [2.05, 4.69) is 21.2 Å². The number of fused-ring (bicyclic) bond motifs is 1. The molecule has 0 radical (unpaired) electrons. The summed E-state index contributed by atoms with van der Waals surface area (Å²) in [5.41, 5.74) is 2.26. The second-order valence-corrected chi connectivity index (χ2v) is 5.70. The number of nitrogens with zero attached hydrogens (tertiary/aromatic N) is 1. The average molecular weight is 345 g/mol. The third kappa shape index (κ3) is 2.83. The molecule has 5 heteroatoms. The van der Waals surface area contributed by atoms with E-state index in [4.69, 9.17) is 0 Å². The largest absolute Gasteiger partial charge is 0.325 e. The number of hydrogen-bond acceptors (Lipinski definition) is 2. The summed E-state index contributed by atoms with van der Waals surface area (Å²) >= 11 is 3.38. The van der Waals surface area contributed by atoms with Crippen LogP contribution in [-0.4, -0.2) is 23.3 Å². The van der Waals surface area contributed by atoms with Crippen molar-refractivity contribution in [1.29, 1.82) is 0 Å². The maximum atomic E-state index is 12.6. The molecule has 0 saturated carbocycles. The molecule has 0 saturated heterocycles. The first-order chi connectivity index (χ1) is 10.1. The second-order valence-electron chi connectivity index (χ2n) is 4.85. The van der Waals surface area contributed by atoms with Crippen LogP contribution in [0.1, 0.15) is 15.9 Å². The lowest BCUT2D eigenvalue weighted by atomic mass is 10.1. The third-order valence-corrected chi connectivity index (χ3v) is 4.07. The fourth-order valence-corrected chi connectivity index (χ4v) is 2.81. The Morgan fingerprint density at radius 3 is 2.57 bits per heavy atom. The number of halogens is 1. The molecule has 2 aromatic rings. The topological polar surface area (TPSA) is 49.4 Å². The van der Waals surface area contributed by atoms with Crippen molar-refractivity contribution in [3.63, 3.8) is 0 Å². The third-order valence-electron chi connectivity index (χ3n) is 3.38. The average Bonchev–Trinajstić information content (AvgIpc) is 2.65. The van der Waals surface area contributed by atoms with Crippen LogP contribution in [0, 0.1) is 0 Å². The van der Waals surface area contributed by atoms with E-state index in [-0.39, 0.29) is 18.4 Å². The highest BCUT2D eigenvalue weighted by molar-refractivity contribution is 9.10. The van der Waals surface area contributed by atoms with Gasteiger partial charge in [0.1, 0.15) is 6.54 Å². The minimum absolute atomic E-state index is 0.0504. The van der Waals surface area contributed by atoms with Crippen molar-refractivity contribution >= 4 is 33.4 Å². The van der Waals surface area contributed by atoms with Gasteiger partial charge in [0, 0.05) is 16.7 Å². The quantitative estimate of drug-likeness (QED) is 0.864. The maximum Gasteiger partial charge on any atom is 0.255 e. The van der Waals surface area contributed by atoms with E-state index in [1.165, 1.54) is 0 Å². The molecule has 0 atom stereocenters. The summed E-state index contributed by atoms with van der Waals surface area (Å²) in [4.78, 5) is 26.2. The molecule has 1 aliphatic heterocycles. The number of rotatable bonds is 1. The van der Waals surface area contributed by atoms with Gasteiger partial charge in [-0.1, -0.05) is 30.3 Å². The summed E-state index contributed by atoms with van der Waals surface area (Å²) in [5, 5.41) is 2.83. The van der Waals surface area contributed by atoms with Gasteiger partial charge in [-0.25, -0.2) is 0 Å². The van der Waals surface area contributed by atoms with E-state index in [0.29, 0.717) is 12.1 Å². The SMILES string of the molecule is O=C1CN(C(=O)c2ccccc2Br)Cc2ccccc2N1. The molecule has 1 N–H and O–H groups in total. The summed E-state index contributed by atoms with van der Waals surface area (Å²) in [6.45, 7) is 0.462. The standard InChI is InChI=1S/C16H13BrN2O2/c17-13-7-3-2-6-12(13)16(21)19-9-11-5-1-4-8-14(11)18-15(20)10-19/h1-8H,9-10H2,(H,18,20). The number of nitrogens with one attached hydrogen (secondary N) is 1. The van der Waals surface area contributed by atoms with Crippen molar-refractivity contribution in [2.75, 3.05) is 11.9 Å². The maximum absolute atomic E-state index is 12.6. The molecule has 21 heavy (non-hydrogen) atoms. The fourth-order valence-electron chi connectivity index (χ4n) is 2.35. The van der Waals surface area contributed by atoms with Crippen LogP contribution in [-0.2, 0) is 11.3 Å². The smallest absolute Gasteiger partial charge is 0.255 e. The number of carbonyl (C=O) groups is 2. The molecule has 106 valence electrons. The van der Waals surface area contributed by atoms with Crippen LogP contribution >= 0.6 is 15.9 Å². The Morgan fingerprint density at radius 2 is 1.76 bits per heavy atom. The molecule has 0 unspecified atom stereocenters. The Balaban J connectivity index is 1.94. The lowest BCUT2D eigenvalue weighted by Crippen LogP contribution is -2.35. The van der Waals surface area contributed by atoms with Crippen molar-refractivity contribution in [1.82, 2.24) is 4.90 Å². The lowest BCUT2D eigenvalue weighted by molar-refractivity contribution is -0.116. The molecule has 0 spiro atoms. The van der Waals surface area contributed by atoms with Crippen LogP contribution in [0.4, 0.5) is 5.69 Å². The van der Waals surface area contributed by atoms with Crippen LogP contribution in [0.3, 0.4) is 0 Å². The van der Waals surface area contributed by atoms with E-state index in [1.807, 2.05) is 42.5 Å². The first-order valence-corrected chi connectivity index (χ1v) is 7.36. The number of amides is 2. The minimum Gasteiger partial charge on any atom is -0.325 e. The van der Waals surface area contributed by atoms with E-state index in [1.54, 1.807) is 11.0 Å². The summed E-state index contributed by atoms with van der Waals surface area (Å²) in [5.74, 6) is -0.338. The van der Waals surface area contributed by atoms with Gasteiger partial charge in [0.15, 0.2) is 0 Å². The first kappa shape index (κ1) is 13.8. The number of carbonyl (C=O) groups excluding carboxylic acids is 2. The van der Waals surface area contributed by atoms with Gasteiger partial charge in [-0.3, -0.25) is 9.59 Å². The highest BCUT2D eigenvalue weighted by Gasteiger charge is 2.24. The Labute approximate surface area is 130 Å².